The number of halogens is 1. The van der Waals surface area contributed by atoms with Crippen molar-refractivity contribution in [2.24, 2.45) is 0 Å². The fourth-order valence-electron chi connectivity index (χ4n) is 3.90. The van der Waals surface area contributed by atoms with Gasteiger partial charge in [-0.25, -0.2) is 19.3 Å². The monoisotopic (exact) mass is 438 g/mol. The van der Waals surface area contributed by atoms with Gasteiger partial charge in [-0.1, -0.05) is 0 Å². The Morgan fingerprint density at radius 2 is 1.97 bits per heavy atom. The van der Waals surface area contributed by atoms with E-state index >= 15 is 0 Å². The number of nitrogens with one attached hydrogen (secondary N) is 2. The van der Waals surface area contributed by atoms with Crippen LogP contribution in [-0.2, 0) is 0 Å². The third-order valence-corrected chi connectivity index (χ3v) is 5.78. The summed E-state index contributed by atoms with van der Waals surface area (Å²) in [4.78, 5) is 27.8. The molecule has 0 aliphatic heterocycles. The third kappa shape index (κ3) is 3.76. The number of fused-ring (bicyclic) bond motifs is 1. The van der Waals surface area contributed by atoms with Crippen LogP contribution in [0.2, 0.25) is 0 Å². The van der Waals surface area contributed by atoms with E-state index in [0.29, 0.717) is 34.2 Å². The summed E-state index contributed by atoms with van der Waals surface area (Å²) in [6, 6.07) is 14.0. The molecule has 5 aromatic rings. The number of aromatic nitrogens is 5. The molecule has 1 saturated carbocycles. The lowest BCUT2D eigenvalue weighted by Crippen LogP contribution is -2.04. The topological polar surface area (TPSA) is 88.5 Å². The van der Waals surface area contributed by atoms with E-state index in [0.717, 1.165) is 29.6 Å². The number of aromatic amines is 1. The number of pyridine rings is 1. The molecule has 33 heavy (non-hydrogen) atoms. The molecule has 1 fully saturated rings. The van der Waals surface area contributed by atoms with Crippen LogP contribution in [0.5, 0.6) is 0 Å². The van der Waals surface area contributed by atoms with Crippen molar-refractivity contribution in [2.45, 2.75) is 18.8 Å². The number of imidazole rings is 1. The van der Waals surface area contributed by atoms with Gasteiger partial charge in [0.1, 0.15) is 11.6 Å². The number of nitrogens with zero attached hydrogens (tertiary/aromatic N) is 4. The Morgan fingerprint density at radius 3 is 2.82 bits per heavy atom. The SMILES string of the molecule is O=c1[nH]ccc2cc(Nc3ccnc(-c4ccc(-n5cnc(C6CC6)c5)c(F)c4)n3)ccc12. The average molecular weight is 438 g/mol. The zero-order chi connectivity index (χ0) is 22.4. The minimum atomic E-state index is -0.367. The van der Waals surface area contributed by atoms with Crippen molar-refractivity contribution in [3.05, 3.63) is 95.3 Å². The van der Waals surface area contributed by atoms with Crippen molar-refractivity contribution in [1.82, 2.24) is 24.5 Å². The summed E-state index contributed by atoms with van der Waals surface area (Å²) < 4.78 is 16.6. The van der Waals surface area contributed by atoms with Gasteiger partial charge < -0.3 is 14.9 Å². The molecule has 0 amide bonds. The van der Waals surface area contributed by atoms with Crippen LogP contribution in [0.3, 0.4) is 0 Å². The third-order valence-electron chi connectivity index (χ3n) is 5.78. The van der Waals surface area contributed by atoms with Gasteiger partial charge in [0.15, 0.2) is 5.82 Å². The predicted octanol–water partition coefficient (Wildman–Crippen LogP) is 4.93. The Hall–Kier alpha value is -4.33. The van der Waals surface area contributed by atoms with E-state index in [1.54, 1.807) is 47.6 Å². The van der Waals surface area contributed by atoms with Crippen molar-refractivity contribution in [2.75, 3.05) is 5.32 Å². The van der Waals surface area contributed by atoms with Crippen LogP contribution >= 0.6 is 0 Å². The van der Waals surface area contributed by atoms with Crippen molar-refractivity contribution in [1.29, 1.82) is 0 Å². The van der Waals surface area contributed by atoms with Gasteiger partial charge in [-0.05, 0) is 66.8 Å². The van der Waals surface area contributed by atoms with Crippen molar-refractivity contribution in [3.63, 3.8) is 0 Å². The molecule has 162 valence electrons. The second kappa shape index (κ2) is 7.67. The summed E-state index contributed by atoms with van der Waals surface area (Å²) in [6.07, 6.45) is 9.10. The highest BCUT2D eigenvalue weighted by Gasteiger charge is 2.26. The first-order valence-corrected chi connectivity index (χ1v) is 10.7. The molecule has 0 atom stereocenters. The number of anilines is 2. The maximum atomic E-state index is 14.9. The first kappa shape index (κ1) is 19.4. The standard InChI is InChI=1S/C25H19FN6O/c26-20-12-17(3-6-22(20)32-13-21(29-14-32)15-1-2-15)24-27-10-8-23(31-24)30-18-4-5-19-16(11-18)7-9-28-25(19)33/h3-15H,1-2H2,(H,28,33)(H,27,30,31). The van der Waals surface area contributed by atoms with E-state index in [2.05, 4.69) is 25.3 Å². The van der Waals surface area contributed by atoms with Crippen LogP contribution in [-0.4, -0.2) is 24.5 Å². The van der Waals surface area contributed by atoms with E-state index < -0.39 is 0 Å². The van der Waals surface area contributed by atoms with Gasteiger partial charge in [0.25, 0.3) is 5.56 Å². The van der Waals surface area contributed by atoms with Gasteiger partial charge in [-0.2, -0.15) is 0 Å². The molecule has 0 spiro atoms. The molecule has 3 aromatic heterocycles. The molecule has 7 nitrogen and oxygen atoms in total. The summed E-state index contributed by atoms with van der Waals surface area (Å²) in [5.74, 6) is 1.12. The Kier molecular flexibility index (Phi) is 4.50. The summed E-state index contributed by atoms with van der Waals surface area (Å²) >= 11 is 0. The molecule has 0 radical (unpaired) electrons. The Labute approximate surface area is 188 Å². The Bertz CT molecular complexity index is 1550. The predicted molar refractivity (Wildman–Crippen MR) is 124 cm³/mol. The Morgan fingerprint density at radius 1 is 1.06 bits per heavy atom. The first-order valence-electron chi connectivity index (χ1n) is 10.7. The Balaban J connectivity index is 1.27. The lowest BCUT2D eigenvalue weighted by atomic mass is 10.1. The lowest BCUT2D eigenvalue weighted by Gasteiger charge is -2.09. The van der Waals surface area contributed by atoms with Crippen molar-refractivity contribution in [3.8, 4) is 17.1 Å². The van der Waals surface area contributed by atoms with Gasteiger partial charge in [-0.15, -0.1) is 0 Å². The zero-order valence-electron chi connectivity index (χ0n) is 17.5. The number of hydrogen-bond acceptors (Lipinski definition) is 5. The minimum Gasteiger partial charge on any atom is -0.340 e. The number of H-pyrrole nitrogens is 1. The van der Waals surface area contributed by atoms with Crippen molar-refractivity contribution >= 4 is 22.3 Å². The highest BCUT2D eigenvalue weighted by Crippen LogP contribution is 2.39. The minimum absolute atomic E-state index is 0.131. The van der Waals surface area contributed by atoms with Crippen LogP contribution in [0.4, 0.5) is 15.9 Å². The zero-order valence-corrected chi connectivity index (χ0v) is 17.5. The molecule has 2 aromatic carbocycles. The van der Waals surface area contributed by atoms with Crippen LogP contribution in [0, 0.1) is 5.82 Å². The summed E-state index contributed by atoms with van der Waals surface area (Å²) in [6.45, 7) is 0. The summed E-state index contributed by atoms with van der Waals surface area (Å²) in [5.41, 5.74) is 2.68. The maximum absolute atomic E-state index is 14.9. The maximum Gasteiger partial charge on any atom is 0.255 e. The molecule has 1 aliphatic carbocycles. The van der Waals surface area contributed by atoms with Crippen LogP contribution < -0.4 is 10.9 Å². The van der Waals surface area contributed by atoms with E-state index in [-0.39, 0.29) is 11.4 Å². The van der Waals surface area contributed by atoms with Crippen molar-refractivity contribution < 1.29 is 4.39 Å². The highest BCUT2D eigenvalue weighted by atomic mass is 19.1. The lowest BCUT2D eigenvalue weighted by molar-refractivity contribution is 0.618. The van der Waals surface area contributed by atoms with Crippen LogP contribution in [0.15, 0.2) is 78.2 Å². The second-order valence-corrected chi connectivity index (χ2v) is 8.15. The van der Waals surface area contributed by atoms with Gasteiger partial charge in [0.2, 0.25) is 0 Å². The number of benzene rings is 2. The van der Waals surface area contributed by atoms with Gasteiger partial charge >= 0.3 is 0 Å². The molecule has 8 heteroatoms. The fourth-order valence-corrected chi connectivity index (χ4v) is 3.90. The van der Waals surface area contributed by atoms with E-state index in [9.17, 15) is 9.18 Å². The molecule has 0 unspecified atom stereocenters. The first-order chi connectivity index (χ1) is 16.1. The normalized spacial score (nSPS) is 13.4. The summed E-state index contributed by atoms with van der Waals surface area (Å²) in [7, 11) is 0. The smallest absolute Gasteiger partial charge is 0.255 e. The second-order valence-electron chi connectivity index (χ2n) is 8.15. The molecular formula is C25H19FN6O. The highest BCUT2D eigenvalue weighted by molar-refractivity contribution is 5.85. The molecular weight excluding hydrogens is 419 g/mol. The quantitative estimate of drug-likeness (QED) is 0.406. The molecule has 0 bridgehead atoms. The fraction of sp³-hybridized carbons (Fsp3) is 0.120. The number of rotatable bonds is 5. The van der Waals surface area contributed by atoms with Gasteiger partial charge in [-0.3, -0.25) is 4.79 Å². The average Bonchev–Trinajstić information content (AvgIpc) is 3.56. The molecule has 2 N–H and O–H groups in total. The molecule has 0 saturated heterocycles. The summed E-state index contributed by atoms with van der Waals surface area (Å²) in [5, 5.41) is 4.66. The van der Waals surface area contributed by atoms with E-state index in [1.807, 2.05) is 24.4 Å². The molecule has 6 rings (SSSR count). The number of hydrogen-bond donors (Lipinski definition) is 2. The van der Waals surface area contributed by atoms with E-state index in [4.69, 9.17) is 0 Å². The molecule has 3 heterocycles. The largest absolute Gasteiger partial charge is 0.340 e. The van der Waals surface area contributed by atoms with E-state index in [1.165, 1.54) is 6.07 Å². The molecule has 1 aliphatic rings. The van der Waals surface area contributed by atoms with Gasteiger partial charge in [0.05, 0.1) is 17.7 Å². The van der Waals surface area contributed by atoms with Crippen LogP contribution in [0.1, 0.15) is 24.5 Å². The van der Waals surface area contributed by atoms with Gasteiger partial charge in [0, 0.05) is 41.1 Å². The van der Waals surface area contributed by atoms with Crippen LogP contribution in [0.25, 0.3) is 27.8 Å².